The van der Waals surface area contributed by atoms with Crippen LogP contribution in [0.15, 0.2) is 18.2 Å². The third-order valence-electron chi connectivity index (χ3n) is 1.72. The van der Waals surface area contributed by atoms with Gasteiger partial charge in [-0.25, -0.2) is 0 Å². The van der Waals surface area contributed by atoms with Crippen molar-refractivity contribution in [2.75, 3.05) is 6.61 Å². The van der Waals surface area contributed by atoms with Gasteiger partial charge in [-0.2, -0.15) is 0 Å². The first-order valence-corrected chi connectivity index (χ1v) is 4.86. The normalized spacial score (nSPS) is 10.5. The predicted octanol–water partition coefficient (Wildman–Crippen LogP) is 3.68. The van der Waals surface area contributed by atoms with Gasteiger partial charge in [0.25, 0.3) is 0 Å². The molecule has 1 aromatic carbocycles. The summed E-state index contributed by atoms with van der Waals surface area (Å²) < 4.78 is 5.59. The predicted molar refractivity (Wildman–Crippen MR) is 56.5 cm³/mol. The van der Waals surface area contributed by atoms with E-state index in [1.165, 1.54) is 0 Å². The van der Waals surface area contributed by atoms with Gasteiger partial charge in [-0.3, -0.25) is 0 Å². The van der Waals surface area contributed by atoms with Crippen molar-refractivity contribution in [1.82, 2.24) is 0 Å². The molecule has 0 fully saturated rings. The van der Waals surface area contributed by atoms with Crippen molar-refractivity contribution in [1.29, 1.82) is 0 Å². The second-order valence-electron chi connectivity index (χ2n) is 3.61. The fourth-order valence-electron chi connectivity index (χ4n) is 0.986. The molecule has 0 spiro atoms. The van der Waals surface area contributed by atoms with Crippen LogP contribution in [0, 0.1) is 12.8 Å². The lowest BCUT2D eigenvalue weighted by Gasteiger charge is -2.11. The van der Waals surface area contributed by atoms with Crippen LogP contribution in [-0.4, -0.2) is 6.61 Å². The lowest BCUT2D eigenvalue weighted by Crippen LogP contribution is -2.05. The van der Waals surface area contributed by atoms with Gasteiger partial charge in [0.05, 0.1) is 6.61 Å². The van der Waals surface area contributed by atoms with Gasteiger partial charge in [-0.1, -0.05) is 31.5 Å². The van der Waals surface area contributed by atoms with Crippen LogP contribution in [0.3, 0.4) is 0 Å². The Kier molecular flexibility index (Phi) is 3.61. The molecule has 0 radical (unpaired) electrons. The fourth-order valence-corrected chi connectivity index (χ4v) is 1.15. The van der Waals surface area contributed by atoms with E-state index in [1.807, 2.05) is 25.1 Å². The van der Waals surface area contributed by atoms with E-state index in [4.69, 9.17) is 16.3 Å². The van der Waals surface area contributed by atoms with Crippen molar-refractivity contribution in [2.24, 2.45) is 5.92 Å². The largest absolute Gasteiger partial charge is 0.493 e. The molecule has 0 saturated carbocycles. The van der Waals surface area contributed by atoms with Crippen molar-refractivity contribution in [3.8, 4) is 5.75 Å². The standard InChI is InChI=1S/C11H15ClO/c1-8(2)7-13-11-6-10(12)5-4-9(11)3/h4-6,8H,7H2,1-3H3. The molecule has 0 aliphatic carbocycles. The molecule has 1 aromatic rings. The number of halogens is 1. The lowest BCUT2D eigenvalue weighted by molar-refractivity contribution is 0.269. The van der Waals surface area contributed by atoms with E-state index in [0.717, 1.165) is 22.9 Å². The van der Waals surface area contributed by atoms with Crippen LogP contribution in [0.1, 0.15) is 19.4 Å². The number of aryl methyl sites for hydroxylation is 1. The minimum absolute atomic E-state index is 0.540. The molecule has 1 nitrogen and oxygen atoms in total. The summed E-state index contributed by atoms with van der Waals surface area (Å²) in [7, 11) is 0. The van der Waals surface area contributed by atoms with E-state index < -0.39 is 0 Å². The molecule has 0 amide bonds. The van der Waals surface area contributed by atoms with Crippen molar-refractivity contribution >= 4 is 11.6 Å². The van der Waals surface area contributed by atoms with E-state index >= 15 is 0 Å². The van der Waals surface area contributed by atoms with E-state index in [9.17, 15) is 0 Å². The van der Waals surface area contributed by atoms with Gasteiger partial charge in [-0.15, -0.1) is 0 Å². The molecule has 13 heavy (non-hydrogen) atoms. The molecule has 0 aliphatic rings. The van der Waals surface area contributed by atoms with Crippen LogP contribution < -0.4 is 4.74 Å². The van der Waals surface area contributed by atoms with Crippen molar-refractivity contribution in [3.63, 3.8) is 0 Å². The monoisotopic (exact) mass is 198 g/mol. The average molecular weight is 199 g/mol. The Hall–Kier alpha value is -0.690. The maximum Gasteiger partial charge on any atom is 0.123 e. The third-order valence-corrected chi connectivity index (χ3v) is 1.96. The van der Waals surface area contributed by atoms with Crippen LogP contribution in [-0.2, 0) is 0 Å². The van der Waals surface area contributed by atoms with Gasteiger partial charge >= 0.3 is 0 Å². The van der Waals surface area contributed by atoms with E-state index in [1.54, 1.807) is 0 Å². The summed E-state index contributed by atoms with van der Waals surface area (Å²) in [5, 5.41) is 0.726. The van der Waals surface area contributed by atoms with Crippen LogP contribution in [0.2, 0.25) is 5.02 Å². The number of ether oxygens (including phenoxy) is 1. The summed E-state index contributed by atoms with van der Waals surface area (Å²) in [5.74, 6) is 1.43. The molecule has 0 heterocycles. The summed E-state index contributed by atoms with van der Waals surface area (Å²) in [6.07, 6.45) is 0. The fraction of sp³-hybridized carbons (Fsp3) is 0.455. The average Bonchev–Trinajstić information content (AvgIpc) is 2.06. The molecular weight excluding hydrogens is 184 g/mol. The van der Waals surface area contributed by atoms with Crippen LogP contribution in [0.5, 0.6) is 5.75 Å². The maximum absolute atomic E-state index is 5.85. The van der Waals surface area contributed by atoms with E-state index in [-0.39, 0.29) is 0 Å². The van der Waals surface area contributed by atoms with Gasteiger partial charge in [-0.05, 0) is 30.5 Å². The van der Waals surface area contributed by atoms with Crippen molar-refractivity contribution in [2.45, 2.75) is 20.8 Å². The Bertz CT molecular complexity index is 281. The molecule has 2 heteroatoms. The minimum atomic E-state index is 0.540. The summed E-state index contributed by atoms with van der Waals surface area (Å²) in [6.45, 7) is 7.01. The summed E-state index contributed by atoms with van der Waals surface area (Å²) in [4.78, 5) is 0. The maximum atomic E-state index is 5.85. The Balaban J connectivity index is 2.70. The molecule has 0 aliphatic heterocycles. The van der Waals surface area contributed by atoms with Gasteiger partial charge in [0.1, 0.15) is 5.75 Å². The smallest absolute Gasteiger partial charge is 0.123 e. The van der Waals surface area contributed by atoms with E-state index in [2.05, 4.69) is 13.8 Å². The molecule has 0 aromatic heterocycles. The zero-order valence-electron chi connectivity index (χ0n) is 8.30. The molecule has 72 valence electrons. The number of rotatable bonds is 3. The summed E-state index contributed by atoms with van der Waals surface area (Å²) in [5.41, 5.74) is 1.13. The summed E-state index contributed by atoms with van der Waals surface area (Å²) in [6, 6.07) is 5.70. The molecular formula is C11H15ClO. The number of benzene rings is 1. The number of hydrogen-bond acceptors (Lipinski definition) is 1. The number of hydrogen-bond donors (Lipinski definition) is 0. The molecule has 0 unspecified atom stereocenters. The van der Waals surface area contributed by atoms with Gasteiger partial charge in [0.15, 0.2) is 0 Å². The SMILES string of the molecule is Cc1ccc(Cl)cc1OCC(C)C. The Labute approximate surface area is 84.7 Å². The Morgan fingerprint density at radius 1 is 1.38 bits per heavy atom. The molecule has 0 bridgehead atoms. The minimum Gasteiger partial charge on any atom is -0.493 e. The van der Waals surface area contributed by atoms with Gasteiger partial charge in [0, 0.05) is 5.02 Å². The van der Waals surface area contributed by atoms with Gasteiger partial charge in [0.2, 0.25) is 0 Å². The first-order valence-electron chi connectivity index (χ1n) is 4.48. The quantitative estimate of drug-likeness (QED) is 0.720. The lowest BCUT2D eigenvalue weighted by atomic mass is 10.2. The zero-order valence-corrected chi connectivity index (χ0v) is 9.06. The second-order valence-corrected chi connectivity index (χ2v) is 4.05. The van der Waals surface area contributed by atoms with Crippen LogP contribution >= 0.6 is 11.6 Å². The molecule has 0 atom stereocenters. The van der Waals surface area contributed by atoms with Crippen LogP contribution in [0.4, 0.5) is 0 Å². The Morgan fingerprint density at radius 3 is 2.69 bits per heavy atom. The highest BCUT2D eigenvalue weighted by molar-refractivity contribution is 6.30. The Morgan fingerprint density at radius 2 is 2.08 bits per heavy atom. The van der Waals surface area contributed by atoms with Crippen molar-refractivity contribution < 1.29 is 4.74 Å². The first-order chi connectivity index (χ1) is 6.09. The zero-order chi connectivity index (χ0) is 9.84. The highest BCUT2D eigenvalue weighted by atomic mass is 35.5. The van der Waals surface area contributed by atoms with Gasteiger partial charge < -0.3 is 4.74 Å². The topological polar surface area (TPSA) is 9.23 Å². The highest BCUT2D eigenvalue weighted by Gasteiger charge is 2.01. The second kappa shape index (κ2) is 4.52. The highest BCUT2D eigenvalue weighted by Crippen LogP contribution is 2.22. The molecule has 0 saturated heterocycles. The third kappa shape index (κ3) is 3.27. The first kappa shape index (κ1) is 10.4. The summed E-state index contributed by atoms with van der Waals surface area (Å²) >= 11 is 5.85. The molecule has 0 N–H and O–H groups in total. The van der Waals surface area contributed by atoms with Crippen molar-refractivity contribution in [3.05, 3.63) is 28.8 Å². The van der Waals surface area contributed by atoms with Crippen LogP contribution in [0.25, 0.3) is 0 Å². The van der Waals surface area contributed by atoms with E-state index in [0.29, 0.717) is 5.92 Å². The molecule has 1 rings (SSSR count).